The lowest BCUT2D eigenvalue weighted by Crippen LogP contribution is -2.30. The van der Waals surface area contributed by atoms with E-state index in [1.807, 2.05) is 6.92 Å². The smallest absolute Gasteiger partial charge is 0.469 e. The molecule has 0 aliphatic carbocycles. The highest BCUT2D eigenvalue weighted by Crippen LogP contribution is 1.88. The number of esters is 1. The number of alkyl carbamates (subject to hydrolysis) is 1. The summed E-state index contributed by atoms with van der Waals surface area (Å²) in [5.74, 6) is -0.209. The van der Waals surface area contributed by atoms with Crippen molar-refractivity contribution in [2.45, 2.75) is 47.0 Å². The summed E-state index contributed by atoms with van der Waals surface area (Å²) in [5, 5.41) is 4.76. The van der Waals surface area contributed by atoms with Crippen LogP contribution in [0.5, 0.6) is 0 Å². The molecule has 0 saturated heterocycles. The van der Waals surface area contributed by atoms with Crippen LogP contribution >= 0.6 is 0 Å². The number of ether oxygens (including phenoxy) is 4. The number of rotatable bonds is 9. The molecule has 0 aromatic carbocycles. The molecule has 0 aromatic heterocycles. The predicted molar refractivity (Wildman–Crippen MR) is 104 cm³/mol. The fourth-order valence-electron chi connectivity index (χ4n) is 1.03. The molecule has 0 bridgehead atoms. The van der Waals surface area contributed by atoms with E-state index in [0.717, 1.165) is 0 Å². The molecule has 0 rings (SSSR count). The molecule has 0 atom stereocenters. The van der Waals surface area contributed by atoms with Crippen molar-refractivity contribution < 1.29 is 42.9 Å². The van der Waals surface area contributed by atoms with Crippen LogP contribution in [0.1, 0.15) is 47.0 Å². The maximum atomic E-state index is 11.2. The van der Waals surface area contributed by atoms with E-state index in [2.05, 4.69) is 29.6 Å². The third-order valence-corrected chi connectivity index (χ3v) is 2.69. The number of Topliss-reactive ketones (excluding diaryl/α,β-unsaturated/α-hetero) is 1. The van der Waals surface area contributed by atoms with Gasteiger partial charge in [-0.05, 0) is 13.8 Å². The first kappa shape index (κ1) is 30.9. The Morgan fingerprint density at radius 2 is 1.45 bits per heavy atom. The Kier molecular flexibility index (Phi) is 24.7. The highest BCUT2D eigenvalue weighted by molar-refractivity contribution is 5.76. The van der Waals surface area contributed by atoms with Crippen molar-refractivity contribution in [2.24, 2.45) is 0 Å². The van der Waals surface area contributed by atoms with Crippen molar-refractivity contribution >= 4 is 29.9 Å². The normalized spacial score (nSPS) is 8.62. The van der Waals surface area contributed by atoms with Gasteiger partial charge in [-0.15, -0.1) is 0 Å². The van der Waals surface area contributed by atoms with E-state index in [0.29, 0.717) is 12.8 Å². The van der Waals surface area contributed by atoms with Crippen LogP contribution in [0.25, 0.3) is 0 Å². The largest absolute Gasteiger partial charge is 0.508 e. The number of hydrogen-bond donors (Lipinski definition) is 2. The van der Waals surface area contributed by atoms with Crippen molar-refractivity contribution in [3.8, 4) is 0 Å². The highest BCUT2D eigenvalue weighted by Gasteiger charge is 2.05. The minimum Gasteiger partial charge on any atom is -0.469 e. The van der Waals surface area contributed by atoms with Gasteiger partial charge in [-0.25, -0.2) is 9.59 Å². The number of carbonyl (C=O) groups is 5. The van der Waals surface area contributed by atoms with Crippen molar-refractivity contribution in [1.82, 2.24) is 10.6 Å². The molecular weight excluding hydrogens is 388 g/mol. The number of hydrogen-bond acceptors (Lipinski definition) is 9. The second-order valence-corrected chi connectivity index (χ2v) is 5.00. The lowest BCUT2D eigenvalue weighted by molar-refractivity contribution is -0.140. The second-order valence-electron chi connectivity index (χ2n) is 5.00. The summed E-state index contributed by atoms with van der Waals surface area (Å²) in [4.78, 5) is 52.4. The van der Waals surface area contributed by atoms with Gasteiger partial charge in [-0.3, -0.25) is 9.59 Å². The Bertz CT molecular complexity index is 476. The SMILES string of the molecule is CCC(=O)OC.CCC(C)=O.CCOC(=O)OCCC(=O)NCCOC(=O)NC. The summed E-state index contributed by atoms with van der Waals surface area (Å²) >= 11 is 0. The van der Waals surface area contributed by atoms with Crippen LogP contribution in [-0.4, -0.2) is 70.4 Å². The molecule has 0 heterocycles. The molecule has 170 valence electrons. The molecule has 0 unspecified atom stereocenters. The summed E-state index contributed by atoms with van der Waals surface area (Å²) in [5.41, 5.74) is 0. The van der Waals surface area contributed by atoms with Gasteiger partial charge in [-0.2, -0.15) is 0 Å². The number of nitrogens with one attached hydrogen (secondary N) is 2. The highest BCUT2D eigenvalue weighted by atomic mass is 16.7. The first-order chi connectivity index (χ1) is 13.7. The van der Waals surface area contributed by atoms with Crippen molar-refractivity contribution in [2.75, 3.05) is 40.5 Å². The minimum atomic E-state index is -0.798. The standard InChI is InChI=1S/C10H18N2O6.C4H8O2.C4H8O/c1-3-16-10(15)18-6-4-8(13)12-5-7-17-9(14)11-2;1-3-4(5)6-2;1-3-4(2)5/h3-7H2,1-2H3,(H,11,14)(H,12,13);3H2,1-2H3;3H2,1-2H3. The van der Waals surface area contributed by atoms with E-state index in [1.165, 1.54) is 14.2 Å². The monoisotopic (exact) mass is 422 g/mol. The number of carbonyl (C=O) groups excluding carboxylic acids is 5. The fraction of sp³-hybridized carbons (Fsp3) is 0.722. The topological polar surface area (TPSA) is 146 Å². The van der Waals surface area contributed by atoms with Gasteiger partial charge in [0.25, 0.3) is 0 Å². The van der Waals surface area contributed by atoms with Crippen LogP contribution in [0, 0.1) is 0 Å². The van der Waals surface area contributed by atoms with Crippen LogP contribution in [0.4, 0.5) is 9.59 Å². The molecule has 2 amide bonds. The molecule has 0 saturated carbocycles. The van der Waals surface area contributed by atoms with Gasteiger partial charge < -0.3 is 34.4 Å². The van der Waals surface area contributed by atoms with Crippen LogP contribution in [0.15, 0.2) is 0 Å². The maximum absolute atomic E-state index is 11.2. The van der Waals surface area contributed by atoms with E-state index in [9.17, 15) is 24.0 Å². The summed E-state index contributed by atoms with van der Waals surface area (Å²) in [6, 6.07) is 0. The fourth-order valence-corrected chi connectivity index (χ4v) is 1.03. The molecule has 0 fully saturated rings. The van der Waals surface area contributed by atoms with Gasteiger partial charge in [0.15, 0.2) is 0 Å². The van der Waals surface area contributed by atoms with Gasteiger partial charge in [0.1, 0.15) is 19.0 Å². The molecule has 0 aliphatic rings. The Morgan fingerprint density at radius 1 is 0.862 bits per heavy atom. The molecular formula is C18H34N2O9. The first-order valence-corrected chi connectivity index (χ1v) is 9.15. The molecule has 0 radical (unpaired) electrons. The van der Waals surface area contributed by atoms with Crippen LogP contribution < -0.4 is 10.6 Å². The predicted octanol–water partition coefficient (Wildman–Crippen LogP) is 1.58. The summed E-state index contributed by atoms with van der Waals surface area (Å²) in [7, 11) is 2.82. The lowest BCUT2D eigenvalue weighted by atomic mass is 10.4. The number of ketones is 1. The summed E-state index contributed by atoms with van der Waals surface area (Å²) in [6.07, 6.45) is -0.196. The molecule has 0 spiro atoms. The molecule has 29 heavy (non-hydrogen) atoms. The van der Waals surface area contributed by atoms with Crippen LogP contribution in [0.2, 0.25) is 0 Å². The van der Waals surface area contributed by atoms with Gasteiger partial charge in [0.05, 0.1) is 26.7 Å². The van der Waals surface area contributed by atoms with E-state index < -0.39 is 12.2 Å². The van der Waals surface area contributed by atoms with Crippen LogP contribution in [-0.2, 0) is 33.3 Å². The maximum Gasteiger partial charge on any atom is 0.508 e. The molecule has 0 aliphatic heterocycles. The zero-order valence-corrected chi connectivity index (χ0v) is 18.1. The lowest BCUT2D eigenvalue weighted by Gasteiger charge is -2.06. The minimum absolute atomic E-state index is 0.0266. The summed E-state index contributed by atoms with van der Waals surface area (Å²) in [6.45, 7) is 7.28. The van der Waals surface area contributed by atoms with E-state index in [4.69, 9.17) is 0 Å². The van der Waals surface area contributed by atoms with E-state index >= 15 is 0 Å². The third-order valence-electron chi connectivity index (χ3n) is 2.69. The van der Waals surface area contributed by atoms with E-state index in [1.54, 1.807) is 20.8 Å². The van der Waals surface area contributed by atoms with Crippen molar-refractivity contribution in [3.63, 3.8) is 0 Å². The molecule has 0 aromatic rings. The zero-order valence-electron chi connectivity index (χ0n) is 18.1. The Hall–Kier alpha value is -2.85. The van der Waals surface area contributed by atoms with Gasteiger partial charge >= 0.3 is 18.2 Å². The van der Waals surface area contributed by atoms with E-state index in [-0.39, 0.29) is 50.4 Å². The van der Waals surface area contributed by atoms with Gasteiger partial charge in [0.2, 0.25) is 5.91 Å². The molecule has 2 N–H and O–H groups in total. The zero-order chi connectivity index (χ0) is 23.1. The Balaban J connectivity index is -0.000000502. The van der Waals surface area contributed by atoms with Gasteiger partial charge in [0, 0.05) is 19.9 Å². The van der Waals surface area contributed by atoms with Crippen LogP contribution in [0.3, 0.4) is 0 Å². The Labute approximate surface area is 171 Å². The summed E-state index contributed by atoms with van der Waals surface area (Å²) < 4.78 is 18.0. The number of methoxy groups -OCH3 is 1. The average molecular weight is 422 g/mol. The number of amides is 2. The molecule has 11 heteroatoms. The Morgan fingerprint density at radius 3 is 1.83 bits per heavy atom. The van der Waals surface area contributed by atoms with Crippen molar-refractivity contribution in [1.29, 1.82) is 0 Å². The van der Waals surface area contributed by atoms with Gasteiger partial charge in [-0.1, -0.05) is 13.8 Å². The first-order valence-electron chi connectivity index (χ1n) is 9.15. The van der Waals surface area contributed by atoms with Crippen molar-refractivity contribution in [3.05, 3.63) is 0 Å². The second kappa shape index (κ2) is 23.2. The molecule has 11 nitrogen and oxygen atoms in total. The third kappa shape index (κ3) is 30.1. The quantitative estimate of drug-likeness (QED) is 0.321. The average Bonchev–Trinajstić information content (AvgIpc) is 2.71.